The largest absolute Gasteiger partial charge is 0.497 e. The zero-order chi connectivity index (χ0) is 19.9. The molecule has 148 valence electrons. The second-order valence-electron chi connectivity index (χ2n) is 6.71. The average Bonchev–Trinajstić information content (AvgIpc) is 2.74. The van der Waals surface area contributed by atoms with E-state index in [1.165, 1.54) is 0 Å². The number of benzene rings is 1. The highest BCUT2D eigenvalue weighted by atomic mass is 16.5. The number of nitrogens with zero attached hydrogens (tertiary/aromatic N) is 3. The predicted molar refractivity (Wildman–Crippen MR) is 105 cm³/mol. The van der Waals surface area contributed by atoms with Crippen molar-refractivity contribution in [1.29, 1.82) is 0 Å². The quantitative estimate of drug-likeness (QED) is 0.709. The molecule has 1 fully saturated rings. The molecule has 2 aromatic rings. The fourth-order valence-corrected chi connectivity index (χ4v) is 3.06. The molecule has 0 N–H and O–H groups in total. The number of hydrogen-bond acceptors (Lipinski definition) is 6. The number of piperazine rings is 1. The van der Waals surface area contributed by atoms with Gasteiger partial charge in [0.05, 0.1) is 13.5 Å². The predicted octanol–water partition coefficient (Wildman–Crippen LogP) is 1.83. The van der Waals surface area contributed by atoms with Crippen molar-refractivity contribution in [2.45, 2.75) is 13.3 Å². The van der Waals surface area contributed by atoms with Crippen LogP contribution in [0, 0.1) is 6.92 Å². The molecular formula is C21H25N3O4. The summed E-state index contributed by atoms with van der Waals surface area (Å²) in [5, 5.41) is 0. The summed E-state index contributed by atoms with van der Waals surface area (Å²) in [6.45, 7) is 4.34. The van der Waals surface area contributed by atoms with Gasteiger partial charge in [-0.25, -0.2) is 0 Å². The van der Waals surface area contributed by atoms with Gasteiger partial charge < -0.3 is 19.3 Å². The number of aryl methyl sites for hydroxylation is 1. The number of aromatic nitrogens is 1. The highest BCUT2D eigenvalue weighted by Gasteiger charge is 2.22. The average molecular weight is 383 g/mol. The van der Waals surface area contributed by atoms with Crippen LogP contribution in [0.25, 0.3) is 0 Å². The van der Waals surface area contributed by atoms with E-state index in [1.54, 1.807) is 18.2 Å². The summed E-state index contributed by atoms with van der Waals surface area (Å²) in [7, 11) is 1.64. The van der Waals surface area contributed by atoms with Crippen LogP contribution < -0.4 is 9.64 Å². The first-order chi connectivity index (χ1) is 13.5. The minimum absolute atomic E-state index is 0.117. The van der Waals surface area contributed by atoms with Gasteiger partial charge in [0.25, 0.3) is 5.91 Å². The Morgan fingerprint density at radius 3 is 2.36 bits per heavy atom. The van der Waals surface area contributed by atoms with Gasteiger partial charge in [-0.3, -0.25) is 14.6 Å². The topological polar surface area (TPSA) is 72.0 Å². The fraction of sp³-hybridized carbons (Fsp3) is 0.381. The molecule has 0 aliphatic carbocycles. The third kappa shape index (κ3) is 5.22. The van der Waals surface area contributed by atoms with Crippen molar-refractivity contribution in [3.8, 4) is 5.75 Å². The zero-order valence-corrected chi connectivity index (χ0v) is 16.3. The molecule has 1 saturated heterocycles. The van der Waals surface area contributed by atoms with E-state index in [-0.39, 0.29) is 18.9 Å². The van der Waals surface area contributed by atoms with Crippen molar-refractivity contribution in [2.24, 2.45) is 0 Å². The van der Waals surface area contributed by atoms with Crippen LogP contribution >= 0.6 is 0 Å². The Morgan fingerprint density at radius 2 is 1.75 bits per heavy atom. The SMILES string of the molecule is COc1ccc(N2CCN(C(=O)COC(=O)Cc3ccc(C)nc3)CC2)cc1. The number of hydrogen-bond donors (Lipinski definition) is 0. The standard InChI is InChI=1S/C21H25N3O4/c1-16-3-4-17(14-22-16)13-21(26)28-15-20(25)24-11-9-23(10-12-24)18-5-7-19(27-2)8-6-18/h3-8,14H,9-13,15H2,1-2H3. The van der Waals surface area contributed by atoms with Crippen LogP contribution in [-0.2, 0) is 20.7 Å². The van der Waals surface area contributed by atoms with Crippen LogP contribution in [0.1, 0.15) is 11.3 Å². The van der Waals surface area contributed by atoms with E-state index in [1.807, 2.05) is 43.3 Å². The van der Waals surface area contributed by atoms with Gasteiger partial charge in [-0.2, -0.15) is 0 Å². The van der Waals surface area contributed by atoms with Gasteiger partial charge in [0.15, 0.2) is 6.61 Å². The van der Waals surface area contributed by atoms with Crippen LogP contribution in [0.4, 0.5) is 5.69 Å². The van der Waals surface area contributed by atoms with Crippen LogP contribution in [0.3, 0.4) is 0 Å². The molecule has 1 aromatic heterocycles. The maximum Gasteiger partial charge on any atom is 0.310 e. The molecule has 2 heterocycles. The molecule has 0 bridgehead atoms. The summed E-state index contributed by atoms with van der Waals surface area (Å²) in [4.78, 5) is 32.4. The Hall–Kier alpha value is -3.09. The normalized spacial score (nSPS) is 13.9. The summed E-state index contributed by atoms with van der Waals surface area (Å²) >= 11 is 0. The first kappa shape index (κ1) is 19.7. The Morgan fingerprint density at radius 1 is 1.04 bits per heavy atom. The number of carbonyl (C=O) groups excluding carboxylic acids is 2. The van der Waals surface area contributed by atoms with E-state index >= 15 is 0 Å². The van der Waals surface area contributed by atoms with Crippen molar-refractivity contribution >= 4 is 17.6 Å². The van der Waals surface area contributed by atoms with Crippen molar-refractivity contribution in [2.75, 3.05) is 44.8 Å². The van der Waals surface area contributed by atoms with Crippen LogP contribution in [0.2, 0.25) is 0 Å². The molecule has 0 unspecified atom stereocenters. The number of ether oxygens (including phenoxy) is 2. The second-order valence-corrected chi connectivity index (χ2v) is 6.71. The minimum atomic E-state index is -0.420. The second kappa shape index (κ2) is 9.21. The monoisotopic (exact) mass is 383 g/mol. The Bertz CT molecular complexity index is 797. The number of esters is 1. The smallest absolute Gasteiger partial charge is 0.310 e. The molecule has 3 rings (SSSR count). The summed E-state index contributed by atoms with van der Waals surface area (Å²) < 4.78 is 10.3. The number of anilines is 1. The van der Waals surface area contributed by atoms with Crippen molar-refractivity contribution in [3.05, 3.63) is 53.9 Å². The number of amides is 1. The molecule has 0 radical (unpaired) electrons. The van der Waals surface area contributed by atoms with E-state index in [9.17, 15) is 9.59 Å². The molecule has 0 saturated carbocycles. The number of pyridine rings is 1. The third-order valence-electron chi connectivity index (χ3n) is 4.75. The molecule has 0 spiro atoms. The first-order valence-corrected chi connectivity index (χ1v) is 9.29. The lowest BCUT2D eigenvalue weighted by atomic mass is 10.2. The zero-order valence-electron chi connectivity index (χ0n) is 16.3. The van der Waals surface area contributed by atoms with Crippen LogP contribution in [0.15, 0.2) is 42.6 Å². The van der Waals surface area contributed by atoms with E-state index in [4.69, 9.17) is 9.47 Å². The molecule has 1 aliphatic heterocycles. The first-order valence-electron chi connectivity index (χ1n) is 9.29. The van der Waals surface area contributed by atoms with E-state index in [0.717, 1.165) is 35.8 Å². The van der Waals surface area contributed by atoms with Crippen molar-refractivity contribution in [3.63, 3.8) is 0 Å². The molecule has 1 aliphatic rings. The lowest BCUT2D eigenvalue weighted by molar-refractivity contribution is -0.151. The lowest BCUT2D eigenvalue weighted by Gasteiger charge is -2.36. The van der Waals surface area contributed by atoms with Crippen LogP contribution in [0.5, 0.6) is 5.75 Å². The summed E-state index contributed by atoms with van der Waals surface area (Å²) in [6, 6.07) is 11.6. The van der Waals surface area contributed by atoms with Gasteiger partial charge in [0.2, 0.25) is 0 Å². The van der Waals surface area contributed by atoms with Crippen LogP contribution in [-0.4, -0.2) is 61.7 Å². The van der Waals surface area contributed by atoms with Gasteiger partial charge in [0, 0.05) is 43.8 Å². The van der Waals surface area contributed by atoms with E-state index < -0.39 is 5.97 Å². The Balaban J connectivity index is 1.42. The highest BCUT2D eigenvalue weighted by molar-refractivity contribution is 5.81. The van der Waals surface area contributed by atoms with E-state index in [0.29, 0.717) is 13.1 Å². The maximum atomic E-state index is 12.3. The lowest BCUT2D eigenvalue weighted by Crippen LogP contribution is -2.49. The molecule has 1 amide bonds. The maximum absolute atomic E-state index is 12.3. The highest BCUT2D eigenvalue weighted by Crippen LogP contribution is 2.20. The number of rotatable bonds is 6. The molecule has 7 nitrogen and oxygen atoms in total. The number of carbonyl (C=O) groups is 2. The molecule has 7 heteroatoms. The van der Waals surface area contributed by atoms with Gasteiger partial charge >= 0.3 is 5.97 Å². The summed E-state index contributed by atoms with van der Waals surface area (Å²) in [5.41, 5.74) is 2.77. The van der Waals surface area contributed by atoms with Gasteiger partial charge in [-0.05, 0) is 42.8 Å². The van der Waals surface area contributed by atoms with Crippen molar-refractivity contribution in [1.82, 2.24) is 9.88 Å². The minimum Gasteiger partial charge on any atom is -0.497 e. The van der Waals surface area contributed by atoms with Crippen molar-refractivity contribution < 1.29 is 19.1 Å². The summed E-state index contributed by atoms with van der Waals surface area (Å²) in [6.07, 6.45) is 1.77. The Kier molecular flexibility index (Phi) is 6.47. The van der Waals surface area contributed by atoms with Gasteiger partial charge in [-0.1, -0.05) is 6.07 Å². The molecule has 1 aromatic carbocycles. The number of methoxy groups -OCH3 is 1. The van der Waals surface area contributed by atoms with Gasteiger partial charge in [0.1, 0.15) is 5.75 Å². The van der Waals surface area contributed by atoms with Gasteiger partial charge in [-0.15, -0.1) is 0 Å². The third-order valence-corrected chi connectivity index (χ3v) is 4.75. The molecular weight excluding hydrogens is 358 g/mol. The molecule has 28 heavy (non-hydrogen) atoms. The van der Waals surface area contributed by atoms with E-state index in [2.05, 4.69) is 9.88 Å². The Labute approximate surface area is 164 Å². The summed E-state index contributed by atoms with van der Waals surface area (Å²) in [5.74, 6) is 0.237. The molecule has 0 atom stereocenters. The fourth-order valence-electron chi connectivity index (χ4n) is 3.06.